The van der Waals surface area contributed by atoms with Gasteiger partial charge in [-0.05, 0) is 25.7 Å². The maximum atomic E-state index is 11.5. The Morgan fingerprint density at radius 2 is 1.93 bits per heavy atom. The lowest BCUT2D eigenvalue weighted by atomic mass is 10.2. The second-order valence-electron chi connectivity index (χ2n) is 3.73. The van der Waals surface area contributed by atoms with Crippen LogP contribution < -0.4 is 5.32 Å². The van der Waals surface area contributed by atoms with Crippen molar-refractivity contribution in [1.82, 2.24) is 5.32 Å². The molecule has 3 nitrogen and oxygen atoms in total. The van der Waals surface area contributed by atoms with E-state index >= 15 is 0 Å². The largest absolute Gasteiger partial charge is 0.338 e. The van der Waals surface area contributed by atoms with Crippen LogP contribution in [0, 0.1) is 0 Å². The zero-order valence-corrected chi connectivity index (χ0v) is 9.62. The van der Waals surface area contributed by atoms with Crippen LogP contribution >= 0.6 is 34.8 Å². The number of hydrogen-bond donors (Lipinski definition) is 1. The molecule has 80 valence electrons. The number of alkyl halides is 3. The van der Waals surface area contributed by atoms with Crippen molar-refractivity contribution in [2.24, 2.45) is 0 Å². The number of rotatable bonds is 0. The van der Waals surface area contributed by atoms with Crippen LogP contribution in [0.2, 0.25) is 0 Å². The first-order valence-corrected chi connectivity index (χ1v) is 5.63. The van der Waals surface area contributed by atoms with E-state index in [1.54, 1.807) is 0 Å². The Bertz CT molecular complexity index is 258. The minimum atomic E-state index is -1.68. The van der Waals surface area contributed by atoms with Gasteiger partial charge in [-0.3, -0.25) is 4.79 Å². The van der Waals surface area contributed by atoms with Crippen molar-refractivity contribution in [3.05, 3.63) is 0 Å². The van der Waals surface area contributed by atoms with Gasteiger partial charge in [-0.2, -0.15) is 0 Å². The van der Waals surface area contributed by atoms with Gasteiger partial charge in [0, 0.05) is 0 Å². The number of ether oxygens (including phenoxy) is 1. The molecule has 0 aromatic carbocycles. The van der Waals surface area contributed by atoms with Crippen molar-refractivity contribution in [2.75, 3.05) is 0 Å². The Balaban J connectivity index is 2.14. The molecule has 14 heavy (non-hydrogen) atoms. The molecule has 0 radical (unpaired) electrons. The first kappa shape index (κ1) is 10.8. The third kappa shape index (κ3) is 1.83. The van der Waals surface area contributed by atoms with E-state index in [4.69, 9.17) is 39.5 Å². The molecule has 2 fully saturated rings. The van der Waals surface area contributed by atoms with Crippen LogP contribution in [0.1, 0.15) is 25.7 Å². The van der Waals surface area contributed by atoms with Gasteiger partial charge >= 0.3 is 0 Å². The molecule has 6 heteroatoms. The summed E-state index contributed by atoms with van der Waals surface area (Å²) in [6.07, 6.45) is 2.69. The molecule has 1 aliphatic carbocycles. The molecule has 2 aliphatic rings. The summed E-state index contributed by atoms with van der Waals surface area (Å²) in [5, 5.41) is 2.77. The number of carbonyl (C=O) groups is 1. The van der Waals surface area contributed by atoms with Crippen molar-refractivity contribution in [3.8, 4) is 0 Å². The van der Waals surface area contributed by atoms with Crippen LogP contribution in [0.25, 0.3) is 0 Å². The summed E-state index contributed by atoms with van der Waals surface area (Å²) < 4.78 is 3.85. The van der Waals surface area contributed by atoms with E-state index < -0.39 is 15.6 Å². The summed E-state index contributed by atoms with van der Waals surface area (Å²) >= 11 is 16.9. The van der Waals surface area contributed by atoms with Crippen LogP contribution in [0.4, 0.5) is 0 Å². The highest BCUT2D eigenvalue weighted by atomic mass is 35.6. The lowest BCUT2D eigenvalue weighted by Gasteiger charge is -2.24. The summed E-state index contributed by atoms with van der Waals surface area (Å²) in [5.74, 6) is -0.327. The predicted molar refractivity (Wildman–Crippen MR) is 54.5 cm³/mol. The Morgan fingerprint density at radius 3 is 2.36 bits per heavy atom. The van der Waals surface area contributed by atoms with E-state index in [-0.39, 0.29) is 5.91 Å². The smallest absolute Gasteiger partial charge is 0.255 e. The summed E-state index contributed by atoms with van der Waals surface area (Å²) in [5.41, 5.74) is -0.564. The lowest BCUT2D eigenvalue weighted by molar-refractivity contribution is -0.123. The van der Waals surface area contributed by atoms with Gasteiger partial charge in [0.25, 0.3) is 5.91 Å². The fraction of sp³-hybridized carbons (Fsp3) is 0.875. The average molecular weight is 259 g/mol. The van der Waals surface area contributed by atoms with Gasteiger partial charge in [-0.15, -0.1) is 0 Å². The highest BCUT2D eigenvalue weighted by molar-refractivity contribution is 6.68. The SMILES string of the molecule is O=C1NC2(CCCC2)O[C@H]1C(Cl)(Cl)Cl. The third-order valence-corrected chi connectivity index (χ3v) is 3.24. The van der Waals surface area contributed by atoms with Crippen molar-refractivity contribution in [1.29, 1.82) is 0 Å². The summed E-state index contributed by atoms with van der Waals surface area (Å²) in [6.45, 7) is 0. The van der Waals surface area contributed by atoms with Gasteiger partial charge in [0.2, 0.25) is 3.79 Å². The van der Waals surface area contributed by atoms with Gasteiger partial charge in [0.05, 0.1) is 0 Å². The quantitative estimate of drug-likeness (QED) is 0.676. The van der Waals surface area contributed by atoms with Gasteiger partial charge < -0.3 is 10.1 Å². The monoisotopic (exact) mass is 257 g/mol. The topological polar surface area (TPSA) is 38.3 Å². The number of carbonyl (C=O) groups excluding carboxylic acids is 1. The van der Waals surface area contributed by atoms with E-state index in [0.29, 0.717) is 0 Å². The summed E-state index contributed by atoms with van der Waals surface area (Å²) in [6, 6.07) is 0. The zero-order valence-electron chi connectivity index (χ0n) is 7.36. The van der Waals surface area contributed by atoms with Crippen LogP contribution in [-0.2, 0) is 9.53 Å². The number of hydrogen-bond acceptors (Lipinski definition) is 2. The Kier molecular flexibility index (Phi) is 2.63. The summed E-state index contributed by atoms with van der Waals surface area (Å²) in [7, 11) is 0. The van der Waals surface area contributed by atoms with Crippen LogP contribution in [-0.4, -0.2) is 21.5 Å². The normalized spacial score (nSPS) is 31.1. The van der Waals surface area contributed by atoms with Crippen LogP contribution in [0.15, 0.2) is 0 Å². The Labute approximate surface area is 97.0 Å². The third-order valence-electron chi connectivity index (χ3n) is 2.64. The molecular weight excluding hydrogens is 248 g/mol. The molecular formula is C8H10Cl3NO2. The van der Waals surface area contributed by atoms with Gasteiger partial charge in [0.1, 0.15) is 5.72 Å². The van der Waals surface area contributed by atoms with Crippen molar-refractivity contribution >= 4 is 40.7 Å². The maximum Gasteiger partial charge on any atom is 0.255 e. The highest BCUT2D eigenvalue weighted by Crippen LogP contribution is 2.42. The average Bonchev–Trinajstić information content (AvgIpc) is 2.59. The van der Waals surface area contributed by atoms with E-state index in [0.717, 1.165) is 25.7 Å². The number of halogens is 3. The summed E-state index contributed by atoms with van der Waals surface area (Å²) in [4.78, 5) is 11.5. The molecule has 1 saturated carbocycles. The maximum absolute atomic E-state index is 11.5. The molecule has 1 amide bonds. The minimum Gasteiger partial charge on any atom is -0.338 e. The second-order valence-corrected chi connectivity index (χ2v) is 6.10. The van der Waals surface area contributed by atoms with Crippen molar-refractivity contribution in [2.45, 2.75) is 41.3 Å². The Hall–Kier alpha value is 0.300. The van der Waals surface area contributed by atoms with E-state index in [2.05, 4.69) is 5.32 Å². The van der Waals surface area contributed by atoms with Gasteiger partial charge in [0.15, 0.2) is 6.10 Å². The Morgan fingerprint density at radius 1 is 1.36 bits per heavy atom. The molecule has 1 spiro atoms. The highest BCUT2D eigenvalue weighted by Gasteiger charge is 2.53. The zero-order chi connectivity index (χ0) is 10.4. The standard InChI is InChI=1S/C8H10Cl3NO2/c9-8(10,11)5-6(13)12-7(14-5)3-1-2-4-7/h5H,1-4H2,(H,12,13)/t5-/m1/s1. The molecule has 0 unspecified atom stereocenters. The number of amides is 1. The number of nitrogens with one attached hydrogen (secondary N) is 1. The molecule has 0 bridgehead atoms. The molecule has 1 heterocycles. The van der Waals surface area contributed by atoms with E-state index in [9.17, 15) is 4.79 Å². The van der Waals surface area contributed by atoms with Crippen molar-refractivity contribution < 1.29 is 9.53 Å². The first-order chi connectivity index (χ1) is 6.43. The molecule has 0 aromatic heterocycles. The van der Waals surface area contributed by atoms with Gasteiger partial charge in [-0.1, -0.05) is 34.8 Å². The molecule has 1 aliphatic heterocycles. The van der Waals surface area contributed by atoms with Crippen molar-refractivity contribution in [3.63, 3.8) is 0 Å². The van der Waals surface area contributed by atoms with Crippen LogP contribution in [0.5, 0.6) is 0 Å². The van der Waals surface area contributed by atoms with E-state index in [1.165, 1.54) is 0 Å². The molecule has 0 aromatic rings. The lowest BCUT2D eigenvalue weighted by Crippen LogP contribution is -2.39. The molecule has 2 rings (SSSR count). The van der Waals surface area contributed by atoms with Gasteiger partial charge in [-0.25, -0.2) is 0 Å². The fourth-order valence-electron chi connectivity index (χ4n) is 2.00. The minimum absolute atomic E-state index is 0.327. The van der Waals surface area contributed by atoms with Crippen LogP contribution in [0.3, 0.4) is 0 Å². The molecule has 1 N–H and O–H groups in total. The van der Waals surface area contributed by atoms with E-state index in [1.807, 2.05) is 0 Å². The molecule has 1 saturated heterocycles. The fourth-order valence-corrected chi connectivity index (χ4v) is 2.43. The first-order valence-electron chi connectivity index (χ1n) is 4.50. The molecule has 1 atom stereocenters. The second kappa shape index (κ2) is 3.41. The predicted octanol–water partition coefficient (Wildman–Crippen LogP) is 2.14.